The molecule has 1 aliphatic heterocycles. The molecule has 1 fully saturated rings. The van der Waals surface area contributed by atoms with Crippen molar-refractivity contribution in [1.82, 2.24) is 5.32 Å². The molecule has 12 heavy (non-hydrogen) atoms. The van der Waals surface area contributed by atoms with Crippen LogP contribution in [0.1, 0.15) is 26.2 Å². The fourth-order valence-electron chi connectivity index (χ4n) is 1.51. The topological polar surface area (TPSA) is 32.3 Å². The van der Waals surface area contributed by atoms with E-state index in [9.17, 15) is 0 Å². The number of rotatable bonds is 4. The second kappa shape index (κ2) is 5.84. The molecule has 2 nitrogen and oxygen atoms in total. The van der Waals surface area contributed by atoms with Gasteiger partial charge in [0.25, 0.3) is 0 Å². The molecule has 0 amide bonds. The molecular formula is C9H19NOS. The molecule has 0 aromatic carbocycles. The maximum Gasteiger partial charge on any atom is 0.0584 e. The Labute approximate surface area is 79.1 Å². The van der Waals surface area contributed by atoms with Crippen molar-refractivity contribution in [2.45, 2.75) is 38.3 Å². The lowest BCUT2D eigenvalue weighted by Crippen LogP contribution is -2.42. The Bertz CT molecular complexity index is 111. The van der Waals surface area contributed by atoms with Gasteiger partial charge in [-0.05, 0) is 25.0 Å². The van der Waals surface area contributed by atoms with E-state index >= 15 is 0 Å². The first kappa shape index (κ1) is 10.4. The second-order valence-corrected chi connectivity index (χ2v) is 4.52. The molecule has 0 aromatic heterocycles. The van der Waals surface area contributed by atoms with Gasteiger partial charge in [0.2, 0.25) is 0 Å². The molecule has 1 heterocycles. The van der Waals surface area contributed by atoms with Crippen LogP contribution >= 0.6 is 11.8 Å². The molecule has 2 N–H and O–H groups in total. The second-order valence-electron chi connectivity index (χ2n) is 3.37. The third-order valence-electron chi connectivity index (χ3n) is 2.34. The van der Waals surface area contributed by atoms with Crippen LogP contribution in [0.3, 0.4) is 0 Å². The van der Waals surface area contributed by atoms with Gasteiger partial charge in [0.05, 0.1) is 6.61 Å². The largest absolute Gasteiger partial charge is 0.395 e. The van der Waals surface area contributed by atoms with E-state index in [1.807, 2.05) is 11.8 Å². The average Bonchev–Trinajstić information content (AvgIpc) is 2.16. The van der Waals surface area contributed by atoms with E-state index in [1.54, 1.807) is 0 Å². The van der Waals surface area contributed by atoms with Crippen molar-refractivity contribution in [2.75, 3.05) is 18.1 Å². The van der Waals surface area contributed by atoms with Crippen molar-refractivity contribution in [3.8, 4) is 0 Å². The Hall–Kier alpha value is 0.270. The number of nitrogens with one attached hydrogen (secondary N) is 1. The predicted molar refractivity (Wildman–Crippen MR) is 54.6 cm³/mol. The Morgan fingerprint density at radius 3 is 3.00 bits per heavy atom. The van der Waals surface area contributed by atoms with Gasteiger partial charge in [0, 0.05) is 17.8 Å². The van der Waals surface area contributed by atoms with E-state index in [0.717, 1.165) is 6.42 Å². The number of hydrogen-bond acceptors (Lipinski definition) is 3. The van der Waals surface area contributed by atoms with Crippen LogP contribution in [0, 0.1) is 0 Å². The number of aliphatic hydroxyl groups excluding tert-OH is 1. The fourth-order valence-corrected chi connectivity index (χ4v) is 2.59. The SMILES string of the molecule is CC[C@@H](CO)N[C@@H]1CCCSC1. The molecule has 1 aliphatic rings. The van der Waals surface area contributed by atoms with Crippen molar-refractivity contribution < 1.29 is 5.11 Å². The first-order chi connectivity index (χ1) is 5.86. The summed E-state index contributed by atoms with van der Waals surface area (Å²) in [5.74, 6) is 2.53. The zero-order chi connectivity index (χ0) is 8.81. The van der Waals surface area contributed by atoms with E-state index in [-0.39, 0.29) is 6.61 Å². The van der Waals surface area contributed by atoms with E-state index in [0.29, 0.717) is 12.1 Å². The predicted octanol–water partition coefficient (Wildman–Crippen LogP) is 1.24. The molecule has 0 unspecified atom stereocenters. The Morgan fingerprint density at radius 1 is 1.67 bits per heavy atom. The number of thioether (sulfide) groups is 1. The summed E-state index contributed by atoms with van der Waals surface area (Å²) in [6.07, 6.45) is 3.63. The molecule has 1 saturated heterocycles. The minimum absolute atomic E-state index is 0.275. The van der Waals surface area contributed by atoms with Gasteiger partial charge in [-0.15, -0.1) is 0 Å². The summed E-state index contributed by atoms with van der Waals surface area (Å²) in [7, 11) is 0. The van der Waals surface area contributed by atoms with E-state index in [4.69, 9.17) is 5.11 Å². The minimum atomic E-state index is 0.275. The molecule has 0 radical (unpaired) electrons. The van der Waals surface area contributed by atoms with E-state index in [2.05, 4.69) is 12.2 Å². The lowest BCUT2D eigenvalue weighted by molar-refractivity contribution is 0.228. The van der Waals surface area contributed by atoms with Crippen molar-refractivity contribution in [3.05, 3.63) is 0 Å². The van der Waals surface area contributed by atoms with Crippen LogP contribution in [0.5, 0.6) is 0 Å². The molecule has 0 bridgehead atoms. The average molecular weight is 189 g/mol. The Kier molecular flexibility index (Phi) is 5.04. The fraction of sp³-hybridized carbons (Fsp3) is 1.00. The van der Waals surface area contributed by atoms with Crippen LogP contribution in [0.25, 0.3) is 0 Å². The Balaban J connectivity index is 2.18. The third-order valence-corrected chi connectivity index (χ3v) is 3.56. The van der Waals surface area contributed by atoms with Crippen LogP contribution in [-0.4, -0.2) is 35.3 Å². The van der Waals surface area contributed by atoms with Crippen LogP contribution in [0.2, 0.25) is 0 Å². The summed E-state index contributed by atoms with van der Waals surface area (Å²) in [6.45, 7) is 2.39. The van der Waals surface area contributed by atoms with E-state index < -0.39 is 0 Å². The molecule has 1 rings (SSSR count). The molecule has 0 saturated carbocycles. The first-order valence-electron chi connectivity index (χ1n) is 4.81. The molecule has 0 aromatic rings. The Morgan fingerprint density at radius 2 is 2.50 bits per heavy atom. The normalized spacial score (nSPS) is 27.0. The lowest BCUT2D eigenvalue weighted by atomic mass is 10.1. The highest BCUT2D eigenvalue weighted by atomic mass is 32.2. The van der Waals surface area contributed by atoms with Crippen molar-refractivity contribution in [2.24, 2.45) is 0 Å². The number of aliphatic hydroxyl groups is 1. The van der Waals surface area contributed by atoms with Gasteiger partial charge >= 0.3 is 0 Å². The summed E-state index contributed by atoms with van der Waals surface area (Å²) in [6, 6.07) is 0.953. The van der Waals surface area contributed by atoms with E-state index in [1.165, 1.54) is 24.3 Å². The highest BCUT2D eigenvalue weighted by Gasteiger charge is 2.16. The minimum Gasteiger partial charge on any atom is -0.395 e. The summed E-state index contributed by atoms with van der Waals surface area (Å²) < 4.78 is 0. The van der Waals surface area contributed by atoms with Gasteiger partial charge in [-0.25, -0.2) is 0 Å². The van der Waals surface area contributed by atoms with Crippen molar-refractivity contribution in [1.29, 1.82) is 0 Å². The van der Waals surface area contributed by atoms with Crippen LogP contribution in [-0.2, 0) is 0 Å². The third kappa shape index (κ3) is 3.33. The molecular weight excluding hydrogens is 170 g/mol. The lowest BCUT2D eigenvalue weighted by Gasteiger charge is -2.26. The maximum absolute atomic E-state index is 8.99. The van der Waals surface area contributed by atoms with Gasteiger partial charge in [-0.1, -0.05) is 6.92 Å². The van der Waals surface area contributed by atoms with Crippen LogP contribution in [0.4, 0.5) is 0 Å². The quantitative estimate of drug-likeness (QED) is 0.698. The highest BCUT2D eigenvalue weighted by Crippen LogP contribution is 2.17. The molecule has 3 heteroatoms. The summed E-state index contributed by atoms with van der Waals surface area (Å²) >= 11 is 2.02. The van der Waals surface area contributed by atoms with Crippen LogP contribution < -0.4 is 5.32 Å². The van der Waals surface area contributed by atoms with Gasteiger partial charge in [0.15, 0.2) is 0 Å². The summed E-state index contributed by atoms with van der Waals surface area (Å²) in [5.41, 5.74) is 0. The summed E-state index contributed by atoms with van der Waals surface area (Å²) in [4.78, 5) is 0. The summed E-state index contributed by atoms with van der Waals surface area (Å²) in [5, 5.41) is 12.5. The number of hydrogen-bond donors (Lipinski definition) is 2. The van der Waals surface area contributed by atoms with Crippen molar-refractivity contribution in [3.63, 3.8) is 0 Å². The van der Waals surface area contributed by atoms with Gasteiger partial charge in [-0.3, -0.25) is 0 Å². The molecule has 2 atom stereocenters. The molecule has 0 aliphatic carbocycles. The molecule has 0 spiro atoms. The monoisotopic (exact) mass is 189 g/mol. The first-order valence-corrected chi connectivity index (χ1v) is 5.97. The zero-order valence-electron chi connectivity index (χ0n) is 7.75. The molecule has 72 valence electrons. The standard InChI is InChI=1S/C9H19NOS/c1-2-8(6-11)10-9-4-3-5-12-7-9/h8-11H,2-7H2,1H3/t8-,9+/m0/s1. The van der Waals surface area contributed by atoms with Gasteiger partial charge in [0.1, 0.15) is 0 Å². The van der Waals surface area contributed by atoms with Crippen LogP contribution in [0.15, 0.2) is 0 Å². The van der Waals surface area contributed by atoms with Crippen molar-refractivity contribution >= 4 is 11.8 Å². The smallest absolute Gasteiger partial charge is 0.0584 e. The van der Waals surface area contributed by atoms with Gasteiger partial charge in [-0.2, -0.15) is 11.8 Å². The maximum atomic E-state index is 8.99. The van der Waals surface area contributed by atoms with Gasteiger partial charge < -0.3 is 10.4 Å². The highest BCUT2D eigenvalue weighted by molar-refractivity contribution is 7.99. The zero-order valence-corrected chi connectivity index (χ0v) is 8.57.